The number of phenols is 1. The van der Waals surface area contributed by atoms with E-state index in [-0.39, 0.29) is 17.2 Å². The highest BCUT2D eigenvalue weighted by Gasteiger charge is 2.51. The molecule has 1 N–H and O–H groups in total. The number of hydrogen-bond donors (Lipinski definition) is 1. The fourth-order valence-corrected chi connectivity index (χ4v) is 3.94. The van der Waals surface area contributed by atoms with Crippen molar-refractivity contribution >= 4 is 17.3 Å². The van der Waals surface area contributed by atoms with Gasteiger partial charge in [-0.25, -0.2) is 4.79 Å². The molecule has 0 aliphatic carbocycles. The van der Waals surface area contributed by atoms with Crippen molar-refractivity contribution in [2.75, 3.05) is 26.1 Å². The van der Waals surface area contributed by atoms with Crippen LogP contribution in [0.15, 0.2) is 60.7 Å². The van der Waals surface area contributed by atoms with Crippen molar-refractivity contribution in [3.05, 3.63) is 93.0 Å². The molecule has 3 aromatic carbocycles. The number of aromatic hydroxyl groups is 1. The van der Waals surface area contributed by atoms with Crippen LogP contribution in [0, 0.1) is 10.1 Å². The molecule has 0 amide bonds. The van der Waals surface area contributed by atoms with Crippen molar-refractivity contribution in [3.8, 4) is 11.5 Å². The van der Waals surface area contributed by atoms with Gasteiger partial charge >= 0.3 is 5.97 Å². The molecule has 1 heterocycles. The van der Waals surface area contributed by atoms with Crippen LogP contribution in [0.2, 0.25) is 0 Å². The van der Waals surface area contributed by atoms with Crippen LogP contribution in [-0.2, 0) is 10.3 Å². The number of fused-ring (bicyclic) bond motifs is 1. The summed E-state index contributed by atoms with van der Waals surface area (Å²) in [5.41, 5.74) is 0.600. The van der Waals surface area contributed by atoms with Gasteiger partial charge in [0.1, 0.15) is 11.5 Å². The summed E-state index contributed by atoms with van der Waals surface area (Å²) < 4.78 is 11.4. The maximum absolute atomic E-state index is 12.8. The molecule has 0 spiro atoms. The summed E-state index contributed by atoms with van der Waals surface area (Å²) in [5.74, 6) is -0.488. The van der Waals surface area contributed by atoms with E-state index in [1.54, 1.807) is 42.5 Å². The van der Waals surface area contributed by atoms with Crippen LogP contribution in [0.4, 0.5) is 11.4 Å². The lowest BCUT2D eigenvalue weighted by atomic mass is 9.79. The second-order valence-electron chi connectivity index (χ2n) is 7.35. The van der Waals surface area contributed by atoms with Crippen molar-refractivity contribution in [2.45, 2.75) is 5.60 Å². The molecule has 1 atom stereocenters. The van der Waals surface area contributed by atoms with Gasteiger partial charge in [0, 0.05) is 48.6 Å². The Morgan fingerprint density at radius 2 is 1.74 bits per heavy atom. The first kappa shape index (κ1) is 20.2. The number of methoxy groups -OCH3 is 1. The van der Waals surface area contributed by atoms with Gasteiger partial charge in [-0.2, -0.15) is 0 Å². The second-order valence-corrected chi connectivity index (χ2v) is 7.35. The van der Waals surface area contributed by atoms with Gasteiger partial charge in [-0.15, -0.1) is 0 Å². The first-order chi connectivity index (χ1) is 14.8. The van der Waals surface area contributed by atoms with E-state index in [0.29, 0.717) is 22.3 Å². The smallest absolute Gasteiger partial charge is 0.340 e. The number of carbonyl (C=O) groups is 1. The van der Waals surface area contributed by atoms with Crippen molar-refractivity contribution < 1.29 is 24.3 Å². The summed E-state index contributed by atoms with van der Waals surface area (Å²) in [6, 6.07) is 16.0. The lowest BCUT2D eigenvalue weighted by molar-refractivity contribution is -0.385. The number of cyclic esters (lactones) is 1. The molecule has 4 rings (SSSR count). The summed E-state index contributed by atoms with van der Waals surface area (Å²) in [6.45, 7) is 0. The van der Waals surface area contributed by atoms with E-state index in [1.807, 2.05) is 19.0 Å². The molecule has 0 saturated heterocycles. The number of ether oxygens (including phenoxy) is 2. The normalized spacial score (nSPS) is 17.1. The number of nitro groups is 1. The van der Waals surface area contributed by atoms with E-state index >= 15 is 0 Å². The van der Waals surface area contributed by atoms with Crippen LogP contribution >= 0.6 is 0 Å². The molecule has 1 aliphatic rings. The number of hydrogen-bond acceptors (Lipinski definition) is 7. The standard InChI is InChI=1S/C23H20N2O6/c1-24(2)14-8-10-18(20(26)12-14)23(17-7-5-4-6-16(17)22(27)31-23)19-11-9-15(25(28)29)13-21(19)30-3/h4-13,26H,1-3H3. The molecule has 0 saturated carbocycles. The fraction of sp³-hybridized carbons (Fsp3) is 0.174. The molecule has 1 aliphatic heterocycles. The summed E-state index contributed by atoms with van der Waals surface area (Å²) in [7, 11) is 5.07. The minimum atomic E-state index is -1.54. The van der Waals surface area contributed by atoms with E-state index < -0.39 is 16.5 Å². The zero-order valence-electron chi connectivity index (χ0n) is 17.2. The predicted octanol–water partition coefficient (Wildman–Crippen LogP) is 3.84. The Morgan fingerprint density at radius 3 is 2.39 bits per heavy atom. The third-order valence-electron chi connectivity index (χ3n) is 5.42. The molecule has 158 valence electrons. The Labute approximate surface area is 178 Å². The Hall–Kier alpha value is -4.07. The van der Waals surface area contributed by atoms with E-state index in [1.165, 1.54) is 25.3 Å². The van der Waals surface area contributed by atoms with Crippen molar-refractivity contribution in [2.24, 2.45) is 0 Å². The molecule has 3 aromatic rings. The average molecular weight is 420 g/mol. The fourth-order valence-electron chi connectivity index (χ4n) is 3.94. The minimum absolute atomic E-state index is 0.0869. The van der Waals surface area contributed by atoms with Gasteiger partial charge in [-0.05, 0) is 24.3 Å². The molecule has 1 unspecified atom stereocenters. The number of anilines is 1. The Balaban J connectivity index is 2.07. The Kier molecular flexibility index (Phi) is 4.77. The highest BCUT2D eigenvalue weighted by atomic mass is 16.6. The third kappa shape index (κ3) is 3.04. The largest absolute Gasteiger partial charge is 0.507 e. The molecule has 31 heavy (non-hydrogen) atoms. The zero-order valence-corrected chi connectivity index (χ0v) is 17.2. The van der Waals surface area contributed by atoms with E-state index in [0.717, 1.165) is 5.69 Å². The lowest BCUT2D eigenvalue weighted by Crippen LogP contribution is -2.30. The molecule has 0 fully saturated rings. The van der Waals surface area contributed by atoms with Crippen molar-refractivity contribution in [1.82, 2.24) is 0 Å². The summed E-state index contributed by atoms with van der Waals surface area (Å²) >= 11 is 0. The molecule has 0 radical (unpaired) electrons. The van der Waals surface area contributed by atoms with Crippen molar-refractivity contribution in [1.29, 1.82) is 0 Å². The molecular formula is C23H20N2O6. The summed E-state index contributed by atoms with van der Waals surface area (Å²) in [5, 5.41) is 22.3. The van der Waals surface area contributed by atoms with Gasteiger partial charge < -0.3 is 19.5 Å². The molecular weight excluding hydrogens is 400 g/mol. The van der Waals surface area contributed by atoms with Crippen LogP contribution in [0.5, 0.6) is 11.5 Å². The molecule has 8 nitrogen and oxygen atoms in total. The van der Waals surface area contributed by atoms with Crippen LogP contribution in [-0.4, -0.2) is 37.2 Å². The third-order valence-corrected chi connectivity index (χ3v) is 5.42. The van der Waals surface area contributed by atoms with Gasteiger partial charge in [0.2, 0.25) is 0 Å². The maximum Gasteiger partial charge on any atom is 0.340 e. The molecule has 8 heteroatoms. The van der Waals surface area contributed by atoms with Gasteiger partial charge in [0.25, 0.3) is 5.69 Å². The van der Waals surface area contributed by atoms with Crippen LogP contribution < -0.4 is 9.64 Å². The monoisotopic (exact) mass is 420 g/mol. The quantitative estimate of drug-likeness (QED) is 0.380. The zero-order chi connectivity index (χ0) is 22.3. The number of benzene rings is 3. The van der Waals surface area contributed by atoms with Gasteiger partial charge in [0.15, 0.2) is 5.60 Å². The number of phenolic OH excluding ortho intramolecular Hbond substituents is 1. The average Bonchev–Trinajstić information content (AvgIpc) is 3.06. The van der Waals surface area contributed by atoms with Gasteiger partial charge in [-0.3, -0.25) is 10.1 Å². The maximum atomic E-state index is 12.8. The SMILES string of the molecule is COc1cc([N+](=O)[O-])ccc1C1(c2ccc(N(C)C)cc2O)OC(=O)c2ccccc21. The predicted molar refractivity (Wildman–Crippen MR) is 114 cm³/mol. The first-order valence-electron chi connectivity index (χ1n) is 9.46. The summed E-state index contributed by atoms with van der Waals surface area (Å²) in [6.07, 6.45) is 0. The van der Waals surface area contributed by atoms with Crippen LogP contribution in [0.25, 0.3) is 0 Å². The number of nitro benzene ring substituents is 1. The van der Waals surface area contributed by atoms with Gasteiger partial charge in [-0.1, -0.05) is 18.2 Å². The molecule has 0 aromatic heterocycles. The Bertz CT molecular complexity index is 1210. The number of carbonyl (C=O) groups excluding carboxylic acids is 1. The second kappa shape index (κ2) is 7.32. The number of nitrogens with zero attached hydrogens (tertiary/aromatic N) is 2. The number of non-ortho nitro benzene ring substituents is 1. The van der Waals surface area contributed by atoms with E-state index in [4.69, 9.17) is 9.47 Å². The van der Waals surface area contributed by atoms with Crippen molar-refractivity contribution in [3.63, 3.8) is 0 Å². The topological polar surface area (TPSA) is 102 Å². The Morgan fingerprint density at radius 1 is 1.03 bits per heavy atom. The number of esters is 1. The number of rotatable bonds is 5. The van der Waals surface area contributed by atoms with E-state index in [9.17, 15) is 20.0 Å². The minimum Gasteiger partial charge on any atom is -0.507 e. The highest BCUT2D eigenvalue weighted by molar-refractivity contribution is 5.96. The van der Waals surface area contributed by atoms with Crippen LogP contribution in [0.3, 0.4) is 0 Å². The highest BCUT2D eigenvalue weighted by Crippen LogP contribution is 2.52. The molecule has 0 bridgehead atoms. The van der Waals surface area contributed by atoms with Crippen LogP contribution in [0.1, 0.15) is 27.0 Å². The van der Waals surface area contributed by atoms with Gasteiger partial charge in [0.05, 0.1) is 23.7 Å². The lowest BCUT2D eigenvalue weighted by Gasteiger charge is -2.32. The van der Waals surface area contributed by atoms with E-state index in [2.05, 4.69) is 0 Å². The first-order valence-corrected chi connectivity index (χ1v) is 9.46. The summed E-state index contributed by atoms with van der Waals surface area (Å²) in [4.78, 5) is 25.4.